The molecule has 5 heteroatoms. The van der Waals surface area contributed by atoms with Crippen molar-refractivity contribution in [3.63, 3.8) is 0 Å². The lowest BCUT2D eigenvalue weighted by Gasteiger charge is -2.36. The van der Waals surface area contributed by atoms with Crippen molar-refractivity contribution in [3.8, 4) is 0 Å². The first kappa shape index (κ1) is 20.7. The molecule has 26 heavy (non-hydrogen) atoms. The number of rotatable bonds is 5. The number of pyridine rings is 1. The Morgan fingerprint density at radius 1 is 1.35 bits per heavy atom. The van der Waals surface area contributed by atoms with Crippen molar-refractivity contribution in [1.82, 2.24) is 9.88 Å². The van der Waals surface area contributed by atoms with Crippen molar-refractivity contribution in [1.29, 1.82) is 0 Å². The van der Waals surface area contributed by atoms with E-state index in [1.165, 1.54) is 31.2 Å². The smallest absolute Gasteiger partial charge is 0.416 e. The second kappa shape index (κ2) is 8.85. The van der Waals surface area contributed by atoms with Crippen molar-refractivity contribution < 1.29 is 9.53 Å². The van der Waals surface area contributed by atoms with Gasteiger partial charge in [0.25, 0.3) is 0 Å². The molecule has 2 rings (SSSR count). The standard InChI is InChI=1S/C21H35N3O2/c1-7-13-23-14-9-8-10-18(23)17-11-12-19(22-15-17)24(16(2)3)20(25)26-21(4,5)6/h11-12,15-16,18H,7-10,13-14H2,1-6H3/t18-/m0/s1. The van der Waals surface area contributed by atoms with Crippen LogP contribution in [0.2, 0.25) is 0 Å². The van der Waals surface area contributed by atoms with Crippen LogP contribution in [0.1, 0.15) is 78.8 Å². The van der Waals surface area contributed by atoms with Crippen LogP contribution in [0.4, 0.5) is 10.6 Å². The van der Waals surface area contributed by atoms with Crippen LogP contribution in [0.15, 0.2) is 18.3 Å². The lowest BCUT2D eigenvalue weighted by atomic mass is 9.96. The van der Waals surface area contributed by atoms with E-state index >= 15 is 0 Å². The minimum absolute atomic E-state index is 0.0190. The van der Waals surface area contributed by atoms with Crippen LogP contribution in [0, 0.1) is 0 Å². The number of amides is 1. The van der Waals surface area contributed by atoms with Gasteiger partial charge in [-0.25, -0.2) is 9.78 Å². The molecule has 1 aliphatic heterocycles. The van der Waals surface area contributed by atoms with E-state index in [0.29, 0.717) is 11.9 Å². The molecule has 0 unspecified atom stereocenters. The van der Waals surface area contributed by atoms with Gasteiger partial charge in [-0.05, 0) is 78.6 Å². The maximum absolute atomic E-state index is 12.6. The summed E-state index contributed by atoms with van der Waals surface area (Å²) in [5.74, 6) is 0.649. The predicted octanol–water partition coefficient (Wildman–Crippen LogP) is 5.17. The molecule has 1 atom stereocenters. The Morgan fingerprint density at radius 3 is 2.62 bits per heavy atom. The number of likely N-dealkylation sites (tertiary alicyclic amines) is 1. The maximum atomic E-state index is 12.6. The van der Waals surface area contributed by atoms with E-state index in [2.05, 4.69) is 22.9 Å². The summed E-state index contributed by atoms with van der Waals surface area (Å²) in [6.45, 7) is 14.1. The van der Waals surface area contributed by atoms with E-state index in [4.69, 9.17) is 4.74 Å². The molecule has 1 aromatic rings. The van der Waals surface area contributed by atoms with Crippen LogP contribution >= 0.6 is 0 Å². The number of hydrogen-bond donors (Lipinski definition) is 0. The molecule has 146 valence electrons. The van der Waals surface area contributed by atoms with Gasteiger partial charge < -0.3 is 4.74 Å². The minimum Gasteiger partial charge on any atom is -0.443 e. The Balaban J connectivity index is 2.19. The number of nitrogens with zero attached hydrogens (tertiary/aromatic N) is 3. The van der Waals surface area contributed by atoms with E-state index < -0.39 is 5.60 Å². The van der Waals surface area contributed by atoms with Crippen molar-refractivity contribution in [2.45, 2.75) is 84.9 Å². The topological polar surface area (TPSA) is 45.7 Å². The largest absolute Gasteiger partial charge is 0.443 e. The molecular weight excluding hydrogens is 326 g/mol. The van der Waals surface area contributed by atoms with E-state index in [9.17, 15) is 4.79 Å². The molecule has 1 saturated heterocycles. The molecule has 1 aliphatic rings. The van der Waals surface area contributed by atoms with Crippen LogP contribution in [0.5, 0.6) is 0 Å². The fourth-order valence-electron chi connectivity index (χ4n) is 3.54. The molecule has 0 aromatic carbocycles. The molecule has 0 radical (unpaired) electrons. The van der Waals surface area contributed by atoms with Crippen LogP contribution in [-0.4, -0.2) is 40.7 Å². The second-order valence-electron chi connectivity index (χ2n) is 8.44. The molecule has 5 nitrogen and oxygen atoms in total. The summed E-state index contributed by atoms with van der Waals surface area (Å²) in [7, 11) is 0. The minimum atomic E-state index is -0.521. The van der Waals surface area contributed by atoms with Crippen molar-refractivity contribution in [3.05, 3.63) is 23.9 Å². The molecule has 0 spiro atoms. The van der Waals surface area contributed by atoms with Gasteiger partial charge in [-0.15, -0.1) is 0 Å². The molecule has 0 bridgehead atoms. The highest BCUT2D eigenvalue weighted by Crippen LogP contribution is 2.31. The summed E-state index contributed by atoms with van der Waals surface area (Å²) < 4.78 is 5.55. The van der Waals surface area contributed by atoms with Gasteiger partial charge >= 0.3 is 6.09 Å². The quantitative estimate of drug-likeness (QED) is 0.726. The number of piperidine rings is 1. The maximum Gasteiger partial charge on any atom is 0.416 e. The van der Waals surface area contributed by atoms with Crippen LogP contribution < -0.4 is 4.90 Å². The Labute approximate surface area is 158 Å². The Hall–Kier alpha value is -1.62. The lowest BCUT2D eigenvalue weighted by molar-refractivity contribution is 0.0569. The van der Waals surface area contributed by atoms with Crippen molar-refractivity contribution in [2.24, 2.45) is 0 Å². The van der Waals surface area contributed by atoms with Gasteiger partial charge in [-0.3, -0.25) is 9.80 Å². The fourth-order valence-corrected chi connectivity index (χ4v) is 3.54. The lowest BCUT2D eigenvalue weighted by Crippen LogP contribution is -2.41. The zero-order valence-electron chi connectivity index (χ0n) is 17.3. The number of aromatic nitrogens is 1. The average molecular weight is 362 g/mol. The Kier molecular flexibility index (Phi) is 7.04. The van der Waals surface area contributed by atoms with Gasteiger partial charge in [0, 0.05) is 18.3 Å². The summed E-state index contributed by atoms with van der Waals surface area (Å²) in [6.07, 6.45) is 6.49. The first-order valence-corrected chi connectivity index (χ1v) is 9.95. The first-order chi connectivity index (χ1) is 12.2. The van der Waals surface area contributed by atoms with E-state index in [-0.39, 0.29) is 12.1 Å². The SMILES string of the molecule is CCCN1CCCC[C@H]1c1ccc(N(C(=O)OC(C)(C)C)C(C)C)nc1. The summed E-state index contributed by atoms with van der Waals surface area (Å²) in [6, 6.07) is 4.51. The highest BCUT2D eigenvalue weighted by molar-refractivity contribution is 5.87. The number of hydrogen-bond acceptors (Lipinski definition) is 4. The Bertz CT molecular complexity index is 576. The highest BCUT2D eigenvalue weighted by Gasteiger charge is 2.27. The molecule has 1 amide bonds. The Morgan fingerprint density at radius 2 is 2.08 bits per heavy atom. The van der Waals surface area contributed by atoms with Crippen molar-refractivity contribution >= 4 is 11.9 Å². The highest BCUT2D eigenvalue weighted by atomic mass is 16.6. The van der Waals surface area contributed by atoms with Gasteiger partial charge in [0.15, 0.2) is 0 Å². The molecule has 2 heterocycles. The molecule has 0 aliphatic carbocycles. The third-order valence-corrected chi connectivity index (χ3v) is 4.63. The summed E-state index contributed by atoms with van der Waals surface area (Å²) in [4.78, 5) is 21.4. The monoisotopic (exact) mass is 361 g/mol. The van der Waals surface area contributed by atoms with Gasteiger partial charge in [0.2, 0.25) is 0 Å². The second-order valence-corrected chi connectivity index (χ2v) is 8.44. The summed E-state index contributed by atoms with van der Waals surface area (Å²) >= 11 is 0. The normalized spacial score (nSPS) is 18.8. The van der Waals surface area contributed by atoms with Crippen molar-refractivity contribution in [2.75, 3.05) is 18.0 Å². The van der Waals surface area contributed by atoms with Gasteiger partial charge in [-0.2, -0.15) is 0 Å². The van der Waals surface area contributed by atoms with E-state index in [1.54, 1.807) is 4.90 Å². The zero-order chi connectivity index (χ0) is 19.3. The molecule has 1 aromatic heterocycles. The first-order valence-electron chi connectivity index (χ1n) is 9.95. The summed E-state index contributed by atoms with van der Waals surface area (Å²) in [5.41, 5.74) is 0.724. The van der Waals surface area contributed by atoms with E-state index in [1.807, 2.05) is 46.9 Å². The molecule has 0 N–H and O–H groups in total. The number of carbonyl (C=O) groups is 1. The average Bonchev–Trinajstić information content (AvgIpc) is 2.54. The number of carbonyl (C=O) groups excluding carboxylic acids is 1. The fraction of sp³-hybridized carbons (Fsp3) is 0.714. The third-order valence-electron chi connectivity index (χ3n) is 4.63. The molecular formula is C21H35N3O2. The third kappa shape index (κ3) is 5.44. The van der Waals surface area contributed by atoms with E-state index in [0.717, 1.165) is 13.1 Å². The van der Waals surface area contributed by atoms with Crippen LogP contribution in [0.25, 0.3) is 0 Å². The molecule has 1 fully saturated rings. The van der Waals surface area contributed by atoms with Gasteiger partial charge in [0.1, 0.15) is 11.4 Å². The van der Waals surface area contributed by atoms with Crippen LogP contribution in [-0.2, 0) is 4.74 Å². The summed E-state index contributed by atoms with van der Waals surface area (Å²) in [5, 5.41) is 0. The zero-order valence-corrected chi connectivity index (χ0v) is 17.3. The number of anilines is 1. The number of ether oxygens (including phenoxy) is 1. The van der Waals surface area contributed by atoms with Gasteiger partial charge in [-0.1, -0.05) is 19.4 Å². The molecule has 0 saturated carbocycles. The van der Waals surface area contributed by atoms with Crippen LogP contribution in [0.3, 0.4) is 0 Å². The predicted molar refractivity (Wildman–Crippen MR) is 107 cm³/mol. The van der Waals surface area contributed by atoms with Gasteiger partial charge in [0.05, 0.1) is 0 Å².